The summed E-state index contributed by atoms with van der Waals surface area (Å²) in [5, 5.41) is 3.03. The lowest BCUT2D eigenvalue weighted by molar-refractivity contribution is -0.115. The van der Waals surface area contributed by atoms with Gasteiger partial charge in [-0.05, 0) is 37.0 Å². The van der Waals surface area contributed by atoms with Crippen LogP contribution in [0.2, 0.25) is 0 Å². The van der Waals surface area contributed by atoms with Crippen molar-refractivity contribution in [2.45, 2.75) is 38.2 Å². The third kappa shape index (κ3) is 4.38. The fraction of sp³-hybridized carbons (Fsp3) is 0.316. The van der Waals surface area contributed by atoms with Crippen LogP contribution in [0.1, 0.15) is 30.5 Å². The van der Waals surface area contributed by atoms with E-state index in [1.165, 1.54) is 11.1 Å². The first-order chi connectivity index (χ1) is 10.6. The minimum Gasteiger partial charge on any atom is -0.325 e. The Morgan fingerprint density at radius 3 is 2.55 bits per heavy atom. The molecule has 116 valence electrons. The third-order valence-corrected chi connectivity index (χ3v) is 4.91. The molecule has 2 aromatic carbocycles. The Hall–Kier alpha value is -1.74. The van der Waals surface area contributed by atoms with Gasteiger partial charge in [-0.15, -0.1) is 11.8 Å². The Bertz CT molecular complexity index is 625. The van der Waals surface area contributed by atoms with E-state index >= 15 is 0 Å². The van der Waals surface area contributed by atoms with Crippen molar-refractivity contribution in [3.63, 3.8) is 0 Å². The molecule has 0 saturated carbocycles. The van der Waals surface area contributed by atoms with Gasteiger partial charge in [-0.25, -0.2) is 0 Å². The van der Waals surface area contributed by atoms with Crippen LogP contribution >= 0.6 is 11.8 Å². The molecule has 0 radical (unpaired) electrons. The molecular formula is C19H23NOS. The average Bonchev–Trinajstić information content (AvgIpc) is 2.55. The van der Waals surface area contributed by atoms with E-state index in [-0.39, 0.29) is 11.2 Å². The summed E-state index contributed by atoms with van der Waals surface area (Å²) in [7, 11) is 0. The van der Waals surface area contributed by atoms with Crippen molar-refractivity contribution in [2.75, 3.05) is 5.32 Å². The summed E-state index contributed by atoms with van der Waals surface area (Å²) in [4.78, 5) is 12.4. The lowest BCUT2D eigenvalue weighted by Crippen LogP contribution is -2.23. The first kappa shape index (κ1) is 16.6. The summed E-state index contributed by atoms with van der Waals surface area (Å²) < 4.78 is 0. The zero-order valence-corrected chi connectivity index (χ0v) is 14.2. The van der Waals surface area contributed by atoms with Crippen LogP contribution in [-0.4, -0.2) is 11.2 Å². The van der Waals surface area contributed by atoms with Crippen molar-refractivity contribution in [1.82, 2.24) is 0 Å². The van der Waals surface area contributed by atoms with Crippen LogP contribution in [0.5, 0.6) is 0 Å². The number of para-hydroxylation sites is 1. The predicted octanol–water partition coefficient (Wildman–Crippen LogP) is 4.82. The molecule has 0 spiro atoms. The highest BCUT2D eigenvalue weighted by Gasteiger charge is 2.15. The van der Waals surface area contributed by atoms with Crippen molar-refractivity contribution in [2.24, 2.45) is 0 Å². The molecule has 1 N–H and O–H groups in total. The zero-order valence-electron chi connectivity index (χ0n) is 13.4. The summed E-state index contributed by atoms with van der Waals surface area (Å²) >= 11 is 1.66. The molecular weight excluding hydrogens is 290 g/mol. The van der Waals surface area contributed by atoms with Crippen molar-refractivity contribution < 1.29 is 4.79 Å². The molecule has 0 fully saturated rings. The molecule has 1 atom stereocenters. The van der Waals surface area contributed by atoms with Crippen LogP contribution < -0.4 is 5.32 Å². The van der Waals surface area contributed by atoms with Gasteiger partial charge < -0.3 is 5.32 Å². The minimum atomic E-state index is -0.0791. The van der Waals surface area contributed by atoms with Crippen LogP contribution in [0.3, 0.4) is 0 Å². The highest BCUT2D eigenvalue weighted by atomic mass is 32.2. The smallest absolute Gasteiger partial charge is 0.237 e. The van der Waals surface area contributed by atoms with Crippen LogP contribution in [0.4, 0.5) is 5.69 Å². The van der Waals surface area contributed by atoms with Gasteiger partial charge in [0.25, 0.3) is 0 Å². The second kappa shape index (κ2) is 8.04. The third-order valence-electron chi connectivity index (χ3n) is 3.70. The summed E-state index contributed by atoms with van der Waals surface area (Å²) in [5.41, 5.74) is 4.53. The number of hydrogen-bond donors (Lipinski definition) is 1. The molecule has 0 aromatic heterocycles. The van der Waals surface area contributed by atoms with Gasteiger partial charge in [-0.2, -0.15) is 0 Å². The zero-order chi connectivity index (χ0) is 15.9. The molecule has 0 saturated heterocycles. The van der Waals surface area contributed by atoms with E-state index in [1.54, 1.807) is 11.8 Å². The molecule has 2 nitrogen and oxygen atoms in total. The van der Waals surface area contributed by atoms with Crippen LogP contribution in [-0.2, 0) is 17.0 Å². The molecule has 0 heterocycles. The first-order valence-electron chi connectivity index (χ1n) is 7.66. The molecule has 0 aliphatic rings. The van der Waals surface area contributed by atoms with Gasteiger partial charge in [0.2, 0.25) is 5.91 Å². The number of rotatable bonds is 6. The Kier molecular flexibility index (Phi) is 6.08. The number of thioether (sulfide) groups is 1. The number of carbonyl (C=O) groups is 1. The van der Waals surface area contributed by atoms with Gasteiger partial charge in [0.15, 0.2) is 0 Å². The van der Waals surface area contributed by atoms with E-state index in [1.807, 2.05) is 44.2 Å². The predicted molar refractivity (Wildman–Crippen MR) is 96.4 cm³/mol. The fourth-order valence-electron chi connectivity index (χ4n) is 2.30. The number of amides is 1. The monoisotopic (exact) mass is 313 g/mol. The summed E-state index contributed by atoms with van der Waals surface area (Å²) in [6.07, 6.45) is 0.919. The summed E-state index contributed by atoms with van der Waals surface area (Å²) in [5.74, 6) is 0.925. The summed E-state index contributed by atoms with van der Waals surface area (Å²) in [6, 6.07) is 16.4. The van der Waals surface area contributed by atoms with E-state index in [0.29, 0.717) is 0 Å². The molecule has 0 aliphatic carbocycles. The fourth-order valence-corrected chi connectivity index (χ4v) is 3.14. The van der Waals surface area contributed by atoms with Gasteiger partial charge >= 0.3 is 0 Å². The number of hydrogen-bond acceptors (Lipinski definition) is 2. The maximum Gasteiger partial charge on any atom is 0.237 e. The van der Waals surface area contributed by atoms with Crippen LogP contribution in [0, 0.1) is 6.92 Å². The minimum absolute atomic E-state index is 0.0740. The van der Waals surface area contributed by atoms with Crippen molar-refractivity contribution in [3.05, 3.63) is 65.2 Å². The lowest BCUT2D eigenvalue weighted by Gasteiger charge is -2.16. The number of anilines is 1. The molecule has 0 unspecified atom stereocenters. The normalized spacial score (nSPS) is 12.0. The molecule has 2 rings (SSSR count). The van der Waals surface area contributed by atoms with Crippen molar-refractivity contribution >= 4 is 23.4 Å². The topological polar surface area (TPSA) is 29.1 Å². The van der Waals surface area contributed by atoms with Gasteiger partial charge in [-0.3, -0.25) is 4.79 Å². The Labute approximate surface area is 137 Å². The number of nitrogens with one attached hydrogen (secondary N) is 1. The van der Waals surface area contributed by atoms with Gasteiger partial charge in [-0.1, -0.05) is 55.5 Å². The Morgan fingerprint density at radius 2 is 1.86 bits per heavy atom. The average molecular weight is 313 g/mol. The molecule has 22 heavy (non-hydrogen) atoms. The van der Waals surface area contributed by atoms with Crippen LogP contribution in [0.15, 0.2) is 48.5 Å². The largest absolute Gasteiger partial charge is 0.325 e. The molecule has 0 aliphatic heterocycles. The maximum absolute atomic E-state index is 12.4. The lowest BCUT2D eigenvalue weighted by atomic mass is 10.1. The number of aryl methyl sites for hydroxylation is 2. The van der Waals surface area contributed by atoms with Gasteiger partial charge in [0, 0.05) is 11.4 Å². The van der Waals surface area contributed by atoms with E-state index in [4.69, 9.17) is 0 Å². The molecule has 0 bridgehead atoms. The number of carbonyl (C=O) groups excluding carboxylic acids is 1. The number of benzene rings is 2. The van der Waals surface area contributed by atoms with Gasteiger partial charge in [0.05, 0.1) is 5.25 Å². The SMILES string of the molecule is CCc1cccc(C)c1NC(=O)[C@@H](C)SCc1ccccc1. The van der Waals surface area contributed by atoms with E-state index in [2.05, 4.69) is 30.4 Å². The van der Waals surface area contributed by atoms with Crippen molar-refractivity contribution in [1.29, 1.82) is 0 Å². The highest BCUT2D eigenvalue weighted by molar-refractivity contribution is 7.99. The molecule has 1 amide bonds. The Morgan fingerprint density at radius 1 is 1.14 bits per heavy atom. The van der Waals surface area contributed by atoms with Gasteiger partial charge in [0.1, 0.15) is 0 Å². The highest BCUT2D eigenvalue weighted by Crippen LogP contribution is 2.24. The van der Waals surface area contributed by atoms with Crippen LogP contribution in [0.25, 0.3) is 0 Å². The molecule has 2 aromatic rings. The second-order valence-corrected chi connectivity index (χ2v) is 6.72. The van der Waals surface area contributed by atoms with E-state index < -0.39 is 0 Å². The van der Waals surface area contributed by atoms with E-state index in [0.717, 1.165) is 23.4 Å². The quantitative estimate of drug-likeness (QED) is 0.828. The maximum atomic E-state index is 12.4. The first-order valence-corrected chi connectivity index (χ1v) is 8.71. The molecule has 3 heteroatoms. The standard InChI is InChI=1S/C19H23NOS/c1-4-17-12-8-9-14(2)18(17)20-19(21)15(3)22-13-16-10-6-5-7-11-16/h5-12,15H,4,13H2,1-3H3,(H,20,21)/t15-/m1/s1. The summed E-state index contributed by atoms with van der Waals surface area (Å²) in [6.45, 7) is 6.11. The van der Waals surface area contributed by atoms with E-state index in [9.17, 15) is 4.79 Å². The second-order valence-electron chi connectivity index (χ2n) is 5.39. The van der Waals surface area contributed by atoms with Crippen molar-refractivity contribution in [3.8, 4) is 0 Å². The Balaban J connectivity index is 1.97.